The molecule has 0 bridgehead atoms. The quantitative estimate of drug-likeness (QED) is 0.882. The molecule has 0 aliphatic carbocycles. The predicted octanol–water partition coefficient (Wildman–Crippen LogP) is 3.32. The van der Waals surface area contributed by atoms with Crippen LogP contribution in [0.3, 0.4) is 0 Å². The lowest BCUT2D eigenvalue weighted by molar-refractivity contribution is 0.0694. The van der Waals surface area contributed by atoms with Gasteiger partial charge in [0.2, 0.25) is 0 Å². The second-order valence-electron chi connectivity index (χ2n) is 3.36. The molecule has 0 heterocycles. The highest BCUT2D eigenvalue weighted by molar-refractivity contribution is 5.90. The van der Waals surface area contributed by atoms with E-state index in [9.17, 15) is 9.18 Å². The van der Waals surface area contributed by atoms with E-state index in [4.69, 9.17) is 9.84 Å². The monoisotopic (exact) mass is 232 g/mol. The fraction of sp³-hybridized carbons (Fsp3) is 0. The van der Waals surface area contributed by atoms with Crippen LogP contribution in [-0.2, 0) is 0 Å². The molecule has 0 unspecified atom stereocenters. The summed E-state index contributed by atoms with van der Waals surface area (Å²) in [6.07, 6.45) is 0. The Bertz CT molecular complexity index is 538. The summed E-state index contributed by atoms with van der Waals surface area (Å²) in [6, 6.07) is 11.9. The molecule has 0 fully saturated rings. The van der Waals surface area contributed by atoms with Gasteiger partial charge in [-0.3, -0.25) is 0 Å². The zero-order chi connectivity index (χ0) is 12.3. The Morgan fingerprint density at radius 2 is 1.82 bits per heavy atom. The number of carboxylic acid groups (broad SMARTS) is 1. The Kier molecular flexibility index (Phi) is 3.05. The number of benzene rings is 2. The lowest BCUT2D eigenvalue weighted by Gasteiger charge is -2.08. The van der Waals surface area contributed by atoms with Gasteiger partial charge in [0.05, 0.1) is 0 Å². The number of aromatic carboxylic acids is 1. The number of hydrogen-bond donors (Lipinski definition) is 1. The zero-order valence-corrected chi connectivity index (χ0v) is 8.76. The molecule has 0 aliphatic heterocycles. The third kappa shape index (κ3) is 2.60. The number of carbonyl (C=O) groups is 1. The minimum Gasteiger partial charge on any atom is -0.478 e. The average molecular weight is 232 g/mol. The highest BCUT2D eigenvalue weighted by Crippen LogP contribution is 2.26. The van der Waals surface area contributed by atoms with Crippen molar-refractivity contribution in [1.82, 2.24) is 0 Å². The minimum absolute atomic E-state index is 0.0105. The maximum atomic E-state index is 13.0. The van der Waals surface area contributed by atoms with Crippen LogP contribution in [0, 0.1) is 5.82 Å². The van der Waals surface area contributed by atoms with Crippen molar-refractivity contribution in [3.63, 3.8) is 0 Å². The summed E-state index contributed by atoms with van der Waals surface area (Å²) in [5.74, 6) is -1.25. The smallest absolute Gasteiger partial charge is 0.339 e. The topological polar surface area (TPSA) is 46.5 Å². The Balaban J connectivity index is 2.37. The molecule has 2 aromatic carbocycles. The lowest BCUT2D eigenvalue weighted by atomic mass is 10.2. The molecule has 0 amide bonds. The summed E-state index contributed by atoms with van der Waals surface area (Å²) in [5, 5.41) is 8.93. The van der Waals surface area contributed by atoms with Gasteiger partial charge < -0.3 is 9.84 Å². The van der Waals surface area contributed by atoms with Gasteiger partial charge in [0.1, 0.15) is 22.9 Å². The van der Waals surface area contributed by atoms with Gasteiger partial charge in [-0.25, -0.2) is 9.18 Å². The molecule has 0 spiro atoms. The molecule has 86 valence electrons. The minimum atomic E-state index is -1.16. The van der Waals surface area contributed by atoms with Gasteiger partial charge in [0.25, 0.3) is 0 Å². The van der Waals surface area contributed by atoms with Crippen molar-refractivity contribution in [3.05, 3.63) is 59.9 Å². The van der Waals surface area contributed by atoms with Crippen LogP contribution in [0.1, 0.15) is 10.4 Å². The Morgan fingerprint density at radius 3 is 2.47 bits per heavy atom. The molecule has 2 aromatic rings. The molecule has 0 atom stereocenters. The van der Waals surface area contributed by atoms with Gasteiger partial charge in [-0.15, -0.1) is 0 Å². The molecule has 0 aromatic heterocycles. The molecule has 2 rings (SSSR count). The lowest BCUT2D eigenvalue weighted by Crippen LogP contribution is -2.00. The second-order valence-corrected chi connectivity index (χ2v) is 3.36. The van der Waals surface area contributed by atoms with Crippen molar-refractivity contribution in [3.8, 4) is 11.5 Å². The average Bonchev–Trinajstić information content (AvgIpc) is 2.30. The third-order valence-corrected chi connectivity index (χ3v) is 2.15. The van der Waals surface area contributed by atoms with Crippen LogP contribution in [0.5, 0.6) is 11.5 Å². The van der Waals surface area contributed by atoms with Crippen molar-refractivity contribution < 1.29 is 19.0 Å². The van der Waals surface area contributed by atoms with Crippen molar-refractivity contribution in [2.24, 2.45) is 0 Å². The second kappa shape index (κ2) is 4.65. The van der Waals surface area contributed by atoms with Gasteiger partial charge in [-0.1, -0.05) is 18.2 Å². The highest BCUT2D eigenvalue weighted by Gasteiger charge is 2.12. The molecule has 0 saturated heterocycles. The third-order valence-electron chi connectivity index (χ3n) is 2.15. The van der Waals surface area contributed by atoms with E-state index in [0.717, 1.165) is 12.1 Å². The van der Waals surface area contributed by atoms with Crippen LogP contribution in [0.4, 0.5) is 4.39 Å². The normalized spacial score (nSPS) is 9.94. The van der Waals surface area contributed by atoms with E-state index in [1.807, 2.05) is 0 Å². The molecule has 17 heavy (non-hydrogen) atoms. The zero-order valence-electron chi connectivity index (χ0n) is 8.76. The SMILES string of the molecule is O=C(O)c1ccc(F)cc1Oc1ccccc1. The van der Waals surface area contributed by atoms with Gasteiger partial charge in [0, 0.05) is 6.07 Å². The van der Waals surface area contributed by atoms with Crippen LogP contribution >= 0.6 is 0 Å². The number of ether oxygens (including phenoxy) is 1. The van der Waals surface area contributed by atoms with E-state index in [1.165, 1.54) is 6.07 Å². The number of hydrogen-bond acceptors (Lipinski definition) is 2. The number of carboxylic acids is 1. The van der Waals surface area contributed by atoms with Gasteiger partial charge >= 0.3 is 5.97 Å². The van der Waals surface area contributed by atoms with Crippen molar-refractivity contribution in [2.75, 3.05) is 0 Å². The van der Waals surface area contributed by atoms with Crippen LogP contribution in [0.25, 0.3) is 0 Å². The maximum absolute atomic E-state index is 13.0. The van der Waals surface area contributed by atoms with Crippen molar-refractivity contribution in [2.45, 2.75) is 0 Å². The number of para-hydroxylation sites is 1. The molecule has 4 heteroatoms. The van der Waals surface area contributed by atoms with Crippen LogP contribution < -0.4 is 4.74 Å². The van der Waals surface area contributed by atoms with Gasteiger partial charge in [0.15, 0.2) is 0 Å². The van der Waals surface area contributed by atoms with Gasteiger partial charge in [-0.2, -0.15) is 0 Å². The summed E-state index contributed by atoms with van der Waals surface area (Å²) < 4.78 is 18.4. The summed E-state index contributed by atoms with van der Waals surface area (Å²) in [6.45, 7) is 0. The molecule has 1 N–H and O–H groups in total. The van der Waals surface area contributed by atoms with E-state index >= 15 is 0 Å². The number of rotatable bonds is 3. The molecular formula is C13H9FO3. The van der Waals surface area contributed by atoms with Crippen molar-refractivity contribution >= 4 is 5.97 Å². The fourth-order valence-corrected chi connectivity index (χ4v) is 1.37. The first-order chi connectivity index (χ1) is 8.16. The summed E-state index contributed by atoms with van der Waals surface area (Å²) in [4.78, 5) is 10.9. The largest absolute Gasteiger partial charge is 0.478 e. The first kappa shape index (κ1) is 11.1. The summed E-state index contributed by atoms with van der Waals surface area (Å²) >= 11 is 0. The maximum Gasteiger partial charge on any atom is 0.339 e. The molecule has 0 radical (unpaired) electrons. The van der Waals surface area contributed by atoms with Crippen molar-refractivity contribution in [1.29, 1.82) is 0 Å². The molecular weight excluding hydrogens is 223 g/mol. The van der Waals surface area contributed by atoms with Gasteiger partial charge in [-0.05, 0) is 24.3 Å². The van der Waals surface area contributed by atoms with Crippen LogP contribution in [0.15, 0.2) is 48.5 Å². The molecule has 0 saturated carbocycles. The van der Waals surface area contributed by atoms with Crippen LogP contribution in [-0.4, -0.2) is 11.1 Å². The Morgan fingerprint density at radius 1 is 1.12 bits per heavy atom. The molecule has 3 nitrogen and oxygen atoms in total. The van der Waals surface area contributed by atoms with Crippen LogP contribution in [0.2, 0.25) is 0 Å². The molecule has 0 aliphatic rings. The van der Waals surface area contributed by atoms with E-state index < -0.39 is 11.8 Å². The first-order valence-electron chi connectivity index (χ1n) is 4.92. The first-order valence-corrected chi connectivity index (χ1v) is 4.92. The predicted molar refractivity (Wildman–Crippen MR) is 59.9 cm³/mol. The summed E-state index contributed by atoms with van der Waals surface area (Å²) in [7, 11) is 0. The fourth-order valence-electron chi connectivity index (χ4n) is 1.37. The number of halogens is 1. The Hall–Kier alpha value is -2.36. The van der Waals surface area contributed by atoms with E-state index in [-0.39, 0.29) is 11.3 Å². The Labute approximate surface area is 97.1 Å². The van der Waals surface area contributed by atoms with E-state index in [1.54, 1.807) is 30.3 Å². The van der Waals surface area contributed by atoms with E-state index in [2.05, 4.69) is 0 Å². The highest BCUT2D eigenvalue weighted by atomic mass is 19.1. The summed E-state index contributed by atoms with van der Waals surface area (Å²) in [5.41, 5.74) is -0.0738. The standard InChI is InChI=1S/C13H9FO3/c14-9-6-7-11(13(15)16)12(8-9)17-10-4-2-1-3-5-10/h1-8H,(H,15,16). The van der Waals surface area contributed by atoms with E-state index in [0.29, 0.717) is 5.75 Å².